The third kappa shape index (κ3) is 2.81. The summed E-state index contributed by atoms with van der Waals surface area (Å²) in [6.45, 7) is 7.69. The lowest BCUT2D eigenvalue weighted by molar-refractivity contribution is -0.110. The highest BCUT2D eigenvalue weighted by Crippen LogP contribution is 2.19. The van der Waals surface area contributed by atoms with Crippen LogP contribution in [0.15, 0.2) is 11.6 Å². The van der Waals surface area contributed by atoms with Crippen molar-refractivity contribution >= 4 is 12.4 Å². The summed E-state index contributed by atoms with van der Waals surface area (Å²) in [6, 6.07) is -0.458. The fourth-order valence-electron chi connectivity index (χ4n) is 1.41. The van der Waals surface area contributed by atoms with Crippen LogP contribution in [0.1, 0.15) is 27.7 Å². The van der Waals surface area contributed by atoms with Crippen molar-refractivity contribution in [3.05, 3.63) is 11.6 Å². The van der Waals surface area contributed by atoms with Gasteiger partial charge in [-0.15, -0.1) is 0 Å². The van der Waals surface area contributed by atoms with E-state index in [4.69, 9.17) is 4.74 Å². The second-order valence-corrected chi connectivity index (χ2v) is 4.66. The Morgan fingerprint density at radius 1 is 1.60 bits per heavy atom. The van der Waals surface area contributed by atoms with E-state index in [0.717, 1.165) is 11.9 Å². The Hall–Kier alpha value is -1.32. The number of hydrogen-bond acceptors (Lipinski definition) is 3. The largest absolute Gasteiger partial charge is 0.444 e. The second-order valence-electron chi connectivity index (χ2n) is 4.66. The Morgan fingerprint density at radius 3 is 2.67 bits per heavy atom. The molecule has 15 heavy (non-hydrogen) atoms. The highest BCUT2D eigenvalue weighted by atomic mass is 16.6. The fraction of sp³-hybridized carbons (Fsp3) is 0.636. The molecule has 0 saturated heterocycles. The number of hydrogen-bond donors (Lipinski definition) is 0. The first-order chi connectivity index (χ1) is 6.85. The number of rotatable bonds is 1. The average Bonchev–Trinajstić information content (AvgIpc) is 2.43. The number of carbonyl (C=O) groups is 2. The molecule has 1 amide bonds. The molecule has 1 atom stereocenters. The van der Waals surface area contributed by atoms with E-state index in [2.05, 4.69) is 0 Å². The van der Waals surface area contributed by atoms with Gasteiger partial charge in [-0.2, -0.15) is 0 Å². The first-order valence-electron chi connectivity index (χ1n) is 4.97. The zero-order valence-corrected chi connectivity index (χ0v) is 9.61. The normalized spacial score (nSPS) is 21.2. The van der Waals surface area contributed by atoms with Crippen molar-refractivity contribution < 1.29 is 14.3 Å². The van der Waals surface area contributed by atoms with Crippen LogP contribution in [0.5, 0.6) is 0 Å². The molecule has 0 aromatic heterocycles. The van der Waals surface area contributed by atoms with Crippen molar-refractivity contribution in [1.82, 2.24) is 4.90 Å². The Morgan fingerprint density at radius 2 is 2.20 bits per heavy atom. The standard InChI is InChI=1S/C11H17NO3/c1-8-5-6-12(9(8)7-13)10(14)15-11(2,3)4/h5,7,9H,6H2,1-4H3. The third-order valence-electron chi connectivity index (χ3n) is 2.17. The molecule has 0 spiro atoms. The number of ether oxygens (including phenoxy) is 1. The molecule has 1 aliphatic heterocycles. The summed E-state index contributed by atoms with van der Waals surface area (Å²) in [6.07, 6.45) is 2.19. The molecule has 0 radical (unpaired) electrons. The average molecular weight is 211 g/mol. The molecule has 4 heteroatoms. The van der Waals surface area contributed by atoms with E-state index in [1.54, 1.807) is 20.8 Å². The van der Waals surface area contributed by atoms with Crippen LogP contribution in [0.2, 0.25) is 0 Å². The van der Waals surface area contributed by atoms with E-state index >= 15 is 0 Å². The number of carbonyl (C=O) groups excluding carboxylic acids is 2. The molecule has 0 bridgehead atoms. The van der Waals surface area contributed by atoms with Gasteiger partial charge < -0.3 is 9.53 Å². The predicted octanol–water partition coefficient (Wildman–Crippen LogP) is 1.75. The van der Waals surface area contributed by atoms with Gasteiger partial charge in [0.15, 0.2) is 0 Å². The van der Waals surface area contributed by atoms with Crippen LogP contribution in [0.25, 0.3) is 0 Å². The third-order valence-corrected chi connectivity index (χ3v) is 2.17. The number of amides is 1. The van der Waals surface area contributed by atoms with E-state index in [0.29, 0.717) is 6.54 Å². The Labute approximate surface area is 89.9 Å². The van der Waals surface area contributed by atoms with Crippen molar-refractivity contribution in [1.29, 1.82) is 0 Å². The lowest BCUT2D eigenvalue weighted by Gasteiger charge is -2.27. The zero-order valence-electron chi connectivity index (χ0n) is 9.61. The van der Waals surface area contributed by atoms with E-state index in [9.17, 15) is 9.59 Å². The van der Waals surface area contributed by atoms with Crippen LogP contribution in [0.3, 0.4) is 0 Å². The van der Waals surface area contributed by atoms with Gasteiger partial charge in [0.25, 0.3) is 0 Å². The van der Waals surface area contributed by atoms with Crippen molar-refractivity contribution in [3.63, 3.8) is 0 Å². The lowest BCUT2D eigenvalue weighted by atomic mass is 10.2. The smallest absolute Gasteiger partial charge is 0.411 e. The van der Waals surface area contributed by atoms with Crippen molar-refractivity contribution in [2.24, 2.45) is 0 Å². The Balaban J connectivity index is 2.67. The van der Waals surface area contributed by atoms with Gasteiger partial charge in [-0.25, -0.2) is 4.79 Å². The highest BCUT2D eigenvalue weighted by Gasteiger charge is 2.31. The fourth-order valence-corrected chi connectivity index (χ4v) is 1.41. The molecule has 0 fully saturated rings. The van der Waals surface area contributed by atoms with Gasteiger partial charge in [-0.05, 0) is 33.3 Å². The summed E-state index contributed by atoms with van der Waals surface area (Å²) in [4.78, 5) is 23.9. The van der Waals surface area contributed by atoms with Crippen molar-refractivity contribution in [2.75, 3.05) is 6.54 Å². The van der Waals surface area contributed by atoms with E-state index in [-0.39, 0.29) is 0 Å². The van der Waals surface area contributed by atoms with Gasteiger partial charge in [0.2, 0.25) is 0 Å². The van der Waals surface area contributed by atoms with E-state index < -0.39 is 17.7 Å². The quantitative estimate of drug-likeness (QED) is 0.490. The van der Waals surface area contributed by atoms with Gasteiger partial charge in [-0.1, -0.05) is 6.08 Å². The maximum atomic E-state index is 11.7. The van der Waals surface area contributed by atoms with Gasteiger partial charge in [0.1, 0.15) is 17.9 Å². The second kappa shape index (κ2) is 4.04. The Kier molecular flexibility index (Phi) is 3.17. The summed E-state index contributed by atoms with van der Waals surface area (Å²) in [5.74, 6) is 0. The summed E-state index contributed by atoms with van der Waals surface area (Å²) >= 11 is 0. The van der Waals surface area contributed by atoms with Crippen LogP contribution in [-0.2, 0) is 9.53 Å². The summed E-state index contributed by atoms with van der Waals surface area (Å²) in [7, 11) is 0. The first-order valence-corrected chi connectivity index (χ1v) is 4.97. The minimum atomic E-state index is -0.527. The monoisotopic (exact) mass is 211 g/mol. The van der Waals surface area contributed by atoms with Crippen LogP contribution in [0.4, 0.5) is 4.79 Å². The van der Waals surface area contributed by atoms with Crippen LogP contribution in [0, 0.1) is 0 Å². The maximum Gasteiger partial charge on any atom is 0.411 e. The van der Waals surface area contributed by atoms with Gasteiger partial charge >= 0.3 is 6.09 Å². The van der Waals surface area contributed by atoms with E-state index in [1.807, 2.05) is 13.0 Å². The van der Waals surface area contributed by atoms with Crippen LogP contribution >= 0.6 is 0 Å². The van der Waals surface area contributed by atoms with Gasteiger partial charge in [0, 0.05) is 6.54 Å². The van der Waals surface area contributed by atoms with Crippen LogP contribution in [-0.4, -0.2) is 35.5 Å². The highest BCUT2D eigenvalue weighted by molar-refractivity contribution is 5.77. The summed E-state index contributed by atoms with van der Waals surface area (Å²) in [5, 5.41) is 0. The Bertz CT molecular complexity index is 301. The molecule has 0 aromatic carbocycles. The zero-order chi connectivity index (χ0) is 11.6. The number of aldehydes is 1. The molecular formula is C11H17NO3. The molecular weight excluding hydrogens is 194 g/mol. The minimum absolute atomic E-state index is 0.437. The molecule has 0 N–H and O–H groups in total. The molecule has 1 aliphatic rings. The molecule has 1 rings (SSSR count). The SMILES string of the molecule is CC1=CCN(C(=O)OC(C)(C)C)C1C=O. The lowest BCUT2D eigenvalue weighted by Crippen LogP contribution is -2.41. The molecule has 0 aliphatic carbocycles. The molecule has 0 aromatic rings. The topological polar surface area (TPSA) is 46.6 Å². The van der Waals surface area contributed by atoms with Gasteiger partial charge in [-0.3, -0.25) is 4.90 Å². The van der Waals surface area contributed by atoms with Crippen molar-refractivity contribution in [3.8, 4) is 0 Å². The molecule has 1 unspecified atom stereocenters. The summed E-state index contributed by atoms with van der Waals surface area (Å²) in [5.41, 5.74) is 0.372. The van der Waals surface area contributed by atoms with Crippen molar-refractivity contribution in [2.45, 2.75) is 39.3 Å². The maximum absolute atomic E-state index is 11.7. The molecule has 0 saturated carbocycles. The van der Waals surface area contributed by atoms with Crippen LogP contribution < -0.4 is 0 Å². The molecule has 4 nitrogen and oxygen atoms in total. The molecule has 84 valence electrons. The minimum Gasteiger partial charge on any atom is -0.444 e. The predicted molar refractivity (Wildman–Crippen MR) is 56.5 cm³/mol. The van der Waals surface area contributed by atoms with Gasteiger partial charge in [0.05, 0.1) is 0 Å². The van der Waals surface area contributed by atoms with E-state index in [1.165, 1.54) is 4.90 Å². The summed E-state index contributed by atoms with van der Waals surface area (Å²) < 4.78 is 5.20. The first kappa shape index (κ1) is 11.8. The number of nitrogens with zero attached hydrogens (tertiary/aromatic N) is 1. The molecule has 1 heterocycles.